The molecule has 0 saturated carbocycles. The number of nitrogens with zero attached hydrogens (tertiary/aromatic N) is 1. The molecule has 1 aromatic carbocycles. The molecule has 6 heteroatoms. The number of nitrogens with one attached hydrogen (secondary N) is 2. The molecule has 6 nitrogen and oxygen atoms in total. The standard InChI is InChI=1S/C15H18N4O2/c1-2-13-14(20)17-5-6-19(13)15(21)11-8-18-12-4-3-9(16)7-10(11)12/h3-4,7-8,13,18H,2,5-6,16H2,1H3,(H,17,20). The number of anilines is 1. The van der Waals surface area contributed by atoms with E-state index >= 15 is 0 Å². The van der Waals surface area contributed by atoms with E-state index in [-0.39, 0.29) is 11.8 Å². The summed E-state index contributed by atoms with van der Waals surface area (Å²) in [6, 6.07) is 5.01. The highest BCUT2D eigenvalue weighted by atomic mass is 16.2. The first-order valence-corrected chi connectivity index (χ1v) is 7.07. The minimum atomic E-state index is -0.405. The molecular formula is C15H18N4O2. The number of hydrogen-bond acceptors (Lipinski definition) is 3. The van der Waals surface area contributed by atoms with Gasteiger partial charge in [0.25, 0.3) is 5.91 Å². The number of amides is 2. The summed E-state index contributed by atoms with van der Waals surface area (Å²) in [7, 11) is 0. The van der Waals surface area contributed by atoms with Crippen molar-refractivity contribution >= 4 is 28.4 Å². The molecule has 0 spiro atoms. The fourth-order valence-electron chi connectivity index (χ4n) is 2.83. The van der Waals surface area contributed by atoms with E-state index in [9.17, 15) is 9.59 Å². The summed E-state index contributed by atoms with van der Waals surface area (Å²) < 4.78 is 0. The maximum absolute atomic E-state index is 12.8. The van der Waals surface area contributed by atoms with Gasteiger partial charge in [0.1, 0.15) is 6.04 Å². The molecule has 2 heterocycles. The average Bonchev–Trinajstić information content (AvgIpc) is 2.89. The third-order valence-corrected chi connectivity index (χ3v) is 3.91. The van der Waals surface area contributed by atoms with E-state index in [4.69, 9.17) is 5.73 Å². The lowest BCUT2D eigenvalue weighted by atomic mass is 10.1. The van der Waals surface area contributed by atoms with Crippen LogP contribution in [-0.2, 0) is 4.79 Å². The van der Waals surface area contributed by atoms with Crippen LogP contribution in [0.15, 0.2) is 24.4 Å². The van der Waals surface area contributed by atoms with Crippen molar-refractivity contribution < 1.29 is 9.59 Å². The first kappa shape index (κ1) is 13.5. The molecule has 1 atom stereocenters. The number of aromatic amines is 1. The first-order chi connectivity index (χ1) is 10.1. The highest BCUT2D eigenvalue weighted by molar-refractivity contribution is 6.08. The van der Waals surface area contributed by atoms with E-state index in [0.717, 1.165) is 10.9 Å². The molecule has 1 fully saturated rings. The Bertz CT molecular complexity index is 707. The number of carbonyl (C=O) groups excluding carboxylic acids is 2. The Morgan fingerprint density at radius 3 is 3.05 bits per heavy atom. The molecule has 0 aliphatic carbocycles. The molecule has 1 aromatic heterocycles. The predicted molar refractivity (Wildman–Crippen MR) is 80.8 cm³/mol. The minimum Gasteiger partial charge on any atom is -0.399 e. The SMILES string of the molecule is CCC1C(=O)NCCN1C(=O)c1c[nH]c2ccc(N)cc12. The van der Waals surface area contributed by atoms with Gasteiger partial charge in [-0.05, 0) is 24.6 Å². The zero-order chi connectivity index (χ0) is 15.0. The lowest BCUT2D eigenvalue weighted by Crippen LogP contribution is -2.56. The van der Waals surface area contributed by atoms with Crippen molar-refractivity contribution in [2.24, 2.45) is 0 Å². The van der Waals surface area contributed by atoms with Gasteiger partial charge < -0.3 is 20.9 Å². The molecule has 0 bridgehead atoms. The Morgan fingerprint density at radius 2 is 2.29 bits per heavy atom. The summed E-state index contributed by atoms with van der Waals surface area (Å²) >= 11 is 0. The minimum absolute atomic E-state index is 0.0866. The van der Waals surface area contributed by atoms with Crippen LogP contribution in [0.4, 0.5) is 5.69 Å². The largest absolute Gasteiger partial charge is 0.399 e. The van der Waals surface area contributed by atoms with Gasteiger partial charge in [-0.3, -0.25) is 9.59 Å². The van der Waals surface area contributed by atoms with Crippen molar-refractivity contribution in [3.8, 4) is 0 Å². The molecule has 1 aliphatic rings. The number of H-pyrrole nitrogens is 1. The normalized spacial score (nSPS) is 18.8. The maximum Gasteiger partial charge on any atom is 0.256 e. The summed E-state index contributed by atoms with van der Waals surface area (Å²) in [4.78, 5) is 29.4. The van der Waals surface area contributed by atoms with Crippen molar-refractivity contribution in [1.29, 1.82) is 0 Å². The van der Waals surface area contributed by atoms with E-state index < -0.39 is 6.04 Å². The van der Waals surface area contributed by atoms with Crippen LogP contribution in [-0.4, -0.2) is 40.8 Å². The van der Waals surface area contributed by atoms with Gasteiger partial charge in [0.05, 0.1) is 5.56 Å². The molecule has 2 amide bonds. The molecule has 2 aromatic rings. The van der Waals surface area contributed by atoms with Gasteiger partial charge in [-0.2, -0.15) is 0 Å². The van der Waals surface area contributed by atoms with E-state index in [1.54, 1.807) is 23.2 Å². The summed E-state index contributed by atoms with van der Waals surface area (Å²) in [6.07, 6.45) is 2.29. The molecule has 1 unspecified atom stereocenters. The molecule has 4 N–H and O–H groups in total. The number of fused-ring (bicyclic) bond motifs is 1. The number of carbonyl (C=O) groups is 2. The van der Waals surface area contributed by atoms with Gasteiger partial charge in [0.2, 0.25) is 5.91 Å². The molecule has 1 saturated heterocycles. The van der Waals surface area contributed by atoms with Crippen molar-refractivity contribution in [2.45, 2.75) is 19.4 Å². The third kappa shape index (κ3) is 2.22. The van der Waals surface area contributed by atoms with Gasteiger partial charge >= 0.3 is 0 Å². The lowest BCUT2D eigenvalue weighted by Gasteiger charge is -2.34. The van der Waals surface area contributed by atoms with E-state index in [2.05, 4.69) is 10.3 Å². The molecule has 21 heavy (non-hydrogen) atoms. The average molecular weight is 286 g/mol. The number of piperazine rings is 1. The number of aromatic nitrogens is 1. The Hall–Kier alpha value is -2.50. The maximum atomic E-state index is 12.8. The number of rotatable bonds is 2. The topological polar surface area (TPSA) is 91.2 Å². The Morgan fingerprint density at radius 1 is 1.48 bits per heavy atom. The Kier molecular flexibility index (Phi) is 3.29. The first-order valence-electron chi connectivity index (χ1n) is 7.07. The summed E-state index contributed by atoms with van der Waals surface area (Å²) in [5, 5.41) is 3.59. The smallest absolute Gasteiger partial charge is 0.256 e. The second kappa shape index (κ2) is 5.12. The van der Waals surface area contributed by atoms with Crippen LogP contribution in [0.1, 0.15) is 23.7 Å². The van der Waals surface area contributed by atoms with Gasteiger partial charge in [-0.25, -0.2) is 0 Å². The predicted octanol–water partition coefficient (Wildman–Crippen LogP) is 1.10. The van der Waals surface area contributed by atoms with Gasteiger partial charge in [0.15, 0.2) is 0 Å². The number of benzene rings is 1. The quantitative estimate of drug-likeness (QED) is 0.722. The van der Waals surface area contributed by atoms with Crippen LogP contribution in [0.5, 0.6) is 0 Å². The summed E-state index contributed by atoms with van der Waals surface area (Å²) in [6.45, 7) is 2.92. The van der Waals surface area contributed by atoms with Crippen LogP contribution >= 0.6 is 0 Å². The molecule has 1 aliphatic heterocycles. The van der Waals surface area contributed by atoms with E-state index in [1.165, 1.54) is 0 Å². The molecule has 110 valence electrons. The summed E-state index contributed by atoms with van der Waals surface area (Å²) in [5.41, 5.74) is 7.84. The zero-order valence-electron chi connectivity index (χ0n) is 11.8. The number of hydrogen-bond donors (Lipinski definition) is 3. The number of nitrogen functional groups attached to an aromatic ring is 1. The molecule has 3 rings (SSSR count). The van der Waals surface area contributed by atoms with Crippen molar-refractivity contribution in [1.82, 2.24) is 15.2 Å². The fourth-order valence-corrected chi connectivity index (χ4v) is 2.83. The van der Waals surface area contributed by atoms with Crippen LogP contribution < -0.4 is 11.1 Å². The highest BCUT2D eigenvalue weighted by Crippen LogP contribution is 2.23. The molecular weight excluding hydrogens is 268 g/mol. The molecule has 0 radical (unpaired) electrons. The van der Waals surface area contributed by atoms with Gasteiger partial charge in [-0.15, -0.1) is 0 Å². The second-order valence-electron chi connectivity index (χ2n) is 5.22. The van der Waals surface area contributed by atoms with Gasteiger partial charge in [0, 0.05) is 35.9 Å². The van der Waals surface area contributed by atoms with E-state index in [0.29, 0.717) is 30.8 Å². The monoisotopic (exact) mass is 286 g/mol. The van der Waals surface area contributed by atoms with E-state index in [1.807, 2.05) is 13.0 Å². The number of nitrogens with two attached hydrogens (primary N) is 1. The highest BCUT2D eigenvalue weighted by Gasteiger charge is 2.32. The van der Waals surface area contributed by atoms with Crippen LogP contribution in [0.2, 0.25) is 0 Å². The third-order valence-electron chi connectivity index (χ3n) is 3.91. The summed E-state index contributed by atoms with van der Waals surface area (Å²) in [5.74, 6) is -0.218. The van der Waals surface area contributed by atoms with Crippen molar-refractivity contribution in [3.05, 3.63) is 30.0 Å². The Labute approximate surface area is 122 Å². The van der Waals surface area contributed by atoms with Crippen LogP contribution in [0, 0.1) is 0 Å². The van der Waals surface area contributed by atoms with Crippen molar-refractivity contribution in [2.75, 3.05) is 18.8 Å². The fraction of sp³-hybridized carbons (Fsp3) is 0.333. The van der Waals surface area contributed by atoms with Crippen molar-refractivity contribution in [3.63, 3.8) is 0 Å². The zero-order valence-corrected chi connectivity index (χ0v) is 11.8. The van der Waals surface area contributed by atoms with Crippen LogP contribution in [0.25, 0.3) is 10.9 Å². The van der Waals surface area contributed by atoms with Gasteiger partial charge in [-0.1, -0.05) is 6.92 Å². The lowest BCUT2D eigenvalue weighted by molar-refractivity contribution is -0.127. The Balaban J connectivity index is 1.99. The van der Waals surface area contributed by atoms with Crippen LogP contribution in [0.3, 0.4) is 0 Å². The second-order valence-corrected chi connectivity index (χ2v) is 5.22.